The van der Waals surface area contributed by atoms with E-state index in [1.807, 2.05) is 0 Å². The lowest BCUT2D eigenvalue weighted by Gasteiger charge is -2.02. The minimum absolute atomic E-state index is 0.0424. The number of pyridine rings is 2. The summed E-state index contributed by atoms with van der Waals surface area (Å²) in [4.78, 5) is 25.8. The van der Waals surface area contributed by atoms with Crippen LogP contribution in [0, 0.1) is 6.92 Å². The zero-order valence-electron chi connectivity index (χ0n) is 10.4. The van der Waals surface area contributed by atoms with Crippen molar-refractivity contribution in [1.29, 1.82) is 0 Å². The Morgan fingerprint density at radius 1 is 1.20 bits per heavy atom. The maximum absolute atomic E-state index is 11.0. The largest absolute Gasteiger partial charge is 0.477 e. The summed E-state index contributed by atoms with van der Waals surface area (Å²) in [5.41, 5.74) is 0.831. The van der Waals surface area contributed by atoms with Gasteiger partial charge in [0.25, 0.3) is 5.15 Å². The average molecular weight is 294 g/mol. The lowest BCUT2D eigenvalue weighted by molar-refractivity contribution is -0.593. The number of aromatic carboxylic acids is 2. The molecule has 0 fully saturated rings. The standard InChI is InChI=1S/C13H9ClN2O4/c1-7-4-9(5-10(15-7)13(19)20)16-6-8(12(17)18)2-3-11(16)14/h2-6H,1H3,(H-,17,18,19,20)/p+1. The first-order valence-corrected chi connectivity index (χ1v) is 5.93. The second-order valence-corrected chi connectivity index (χ2v) is 4.46. The van der Waals surface area contributed by atoms with Crippen molar-refractivity contribution in [3.63, 3.8) is 0 Å². The third-order valence-electron chi connectivity index (χ3n) is 2.58. The maximum atomic E-state index is 11.0. The first-order valence-electron chi connectivity index (χ1n) is 5.55. The zero-order chi connectivity index (χ0) is 14.9. The molecule has 2 heterocycles. The third-order valence-corrected chi connectivity index (χ3v) is 2.89. The molecule has 20 heavy (non-hydrogen) atoms. The predicted molar refractivity (Wildman–Crippen MR) is 69.4 cm³/mol. The number of aryl methyl sites for hydroxylation is 1. The van der Waals surface area contributed by atoms with Crippen molar-refractivity contribution in [3.8, 4) is 5.69 Å². The fourth-order valence-corrected chi connectivity index (χ4v) is 1.92. The number of aromatic nitrogens is 2. The molecule has 2 rings (SSSR count). The van der Waals surface area contributed by atoms with Gasteiger partial charge in [-0.3, -0.25) is 0 Å². The van der Waals surface area contributed by atoms with Gasteiger partial charge in [-0.05, 0) is 24.6 Å². The second-order valence-electron chi connectivity index (χ2n) is 4.07. The smallest absolute Gasteiger partial charge is 0.354 e. The number of halogens is 1. The monoisotopic (exact) mass is 293 g/mol. The van der Waals surface area contributed by atoms with Gasteiger partial charge in [-0.15, -0.1) is 4.57 Å². The summed E-state index contributed by atoms with van der Waals surface area (Å²) in [5.74, 6) is -2.26. The molecule has 0 unspecified atom stereocenters. The van der Waals surface area contributed by atoms with Crippen LogP contribution in [0.1, 0.15) is 26.5 Å². The van der Waals surface area contributed by atoms with Crippen molar-refractivity contribution in [2.24, 2.45) is 0 Å². The molecule has 0 aliphatic rings. The van der Waals surface area contributed by atoms with Gasteiger partial charge in [-0.2, -0.15) is 0 Å². The van der Waals surface area contributed by atoms with Gasteiger partial charge in [0.1, 0.15) is 5.56 Å². The second kappa shape index (κ2) is 5.26. The summed E-state index contributed by atoms with van der Waals surface area (Å²) in [6.45, 7) is 1.64. The van der Waals surface area contributed by atoms with Crippen LogP contribution in [0.3, 0.4) is 0 Å². The SMILES string of the molecule is Cc1cc(-[n+]2cc(C(=O)O)ccc2Cl)cc(C(=O)O)n1. The van der Waals surface area contributed by atoms with Crippen molar-refractivity contribution in [2.45, 2.75) is 6.92 Å². The molecule has 6 nitrogen and oxygen atoms in total. The van der Waals surface area contributed by atoms with E-state index in [0.29, 0.717) is 11.4 Å². The highest BCUT2D eigenvalue weighted by molar-refractivity contribution is 6.28. The maximum Gasteiger partial charge on any atom is 0.354 e. The minimum Gasteiger partial charge on any atom is -0.477 e. The van der Waals surface area contributed by atoms with Crippen LogP contribution in [0.5, 0.6) is 0 Å². The van der Waals surface area contributed by atoms with Crippen LogP contribution >= 0.6 is 11.6 Å². The molecule has 0 amide bonds. The molecule has 0 aliphatic heterocycles. The minimum atomic E-state index is -1.17. The first kappa shape index (κ1) is 14.0. The quantitative estimate of drug-likeness (QED) is 0.664. The van der Waals surface area contributed by atoms with E-state index in [-0.39, 0.29) is 16.4 Å². The number of nitrogens with zero attached hydrogens (tertiary/aromatic N) is 2. The molecule has 0 aromatic carbocycles. The Balaban J connectivity index is 2.64. The normalized spacial score (nSPS) is 10.3. The summed E-state index contributed by atoms with van der Waals surface area (Å²) in [7, 11) is 0. The van der Waals surface area contributed by atoms with Crippen molar-refractivity contribution in [2.75, 3.05) is 0 Å². The number of carbonyl (C=O) groups is 2. The Hall–Kier alpha value is -2.47. The lowest BCUT2D eigenvalue weighted by atomic mass is 10.2. The van der Waals surface area contributed by atoms with Crippen molar-refractivity contribution in [3.05, 3.63) is 52.6 Å². The predicted octanol–water partition coefficient (Wildman–Crippen LogP) is 1.72. The molecule has 102 valence electrons. The summed E-state index contributed by atoms with van der Waals surface area (Å²) in [5, 5.41) is 18.2. The molecule has 7 heteroatoms. The Morgan fingerprint density at radius 2 is 1.90 bits per heavy atom. The summed E-state index contributed by atoms with van der Waals surface area (Å²) in [6.07, 6.45) is 1.32. The molecule has 0 spiro atoms. The van der Waals surface area contributed by atoms with Gasteiger partial charge in [0.15, 0.2) is 11.9 Å². The van der Waals surface area contributed by atoms with Gasteiger partial charge in [0.2, 0.25) is 5.69 Å². The van der Waals surface area contributed by atoms with E-state index in [1.54, 1.807) is 13.0 Å². The number of hydrogen-bond acceptors (Lipinski definition) is 3. The highest BCUT2D eigenvalue weighted by Gasteiger charge is 2.19. The molecule has 0 saturated heterocycles. The molecule has 2 N–H and O–H groups in total. The van der Waals surface area contributed by atoms with Crippen molar-refractivity contribution < 1.29 is 24.4 Å². The van der Waals surface area contributed by atoms with Gasteiger partial charge >= 0.3 is 11.9 Å². The van der Waals surface area contributed by atoms with E-state index in [9.17, 15) is 9.59 Å². The van der Waals surface area contributed by atoms with Gasteiger partial charge in [-0.1, -0.05) is 0 Å². The number of carboxylic acids is 2. The van der Waals surface area contributed by atoms with Crippen molar-refractivity contribution in [1.82, 2.24) is 4.98 Å². The van der Waals surface area contributed by atoms with Crippen LogP contribution in [0.4, 0.5) is 0 Å². The van der Waals surface area contributed by atoms with E-state index in [4.69, 9.17) is 21.8 Å². The first-order chi connectivity index (χ1) is 9.38. The van der Waals surface area contributed by atoms with Crippen LogP contribution in [0.15, 0.2) is 30.5 Å². The third kappa shape index (κ3) is 2.75. The molecule has 0 atom stereocenters. The van der Waals surface area contributed by atoms with Crippen molar-refractivity contribution >= 4 is 23.5 Å². The van der Waals surface area contributed by atoms with Gasteiger partial charge in [0, 0.05) is 23.9 Å². The number of hydrogen-bond donors (Lipinski definition) is 2. The van der Waals surface area contributed by atoms with E-state index in [2.05, 4.69) is 4.98 Å². The molecule has 0 bridgehead atoms. The highest BCUT2D eigenvalue weighted by atomic mass is 35.5. The molecular formula is C13H10ClN2O4+. The molecule has 2 aromatic rings. The van der Waals surface area contributed by atoms with Gasteiger partial charge in [-0.25, -0.2) is 14.6 Å². The topological polar surface area (TPSA) is 91.4 Å². The number of carboxylic acid groups (broad SMARTS) is 2. The molecule has 0 saturated carbocycles. The Morgan fingerprint density at radius 3 is 2.50 bits per heavy atom. The summed E-state index contributed by atoms with van der Waals surface area (Å²) < 4.78 is 1.39. The van der Waals surface area contributed by atoms with Gasteiger partial charge < -0.3 is 10.2 Å². The fourth-order valence-electron chi connectivity index (χ4n) is 1.71. The van der Waals surface area contributed by atoms with E-state index in [1.165, 1.54) is 29.0 Å². The Labute approximate surface area is 118 Å². The van der Waals surface area contributed by atoms with Crippen LogP contribution < -0.4 is 4.57 Å². The Kier molecular flexibility index (Phi) is 3.67. The molecule has 2 aromatic heterocycles. The molecule has 0 radical (unpaired) electrons. The molecule has 0 aliphatic carbocycles. The highest BCUT2D eigenvalue weighted by Crippen LogP contribution is 2.11. The molecular weight excluding hydrogens is 284 g/mol. The van der Waals surface area contributed by atoms with E-state index >= 15 is 0 Å². The summed E-state index contributed by atoms with van der Waals surface area (Å²) >= 11 is 6.02. The van der Waals surface area contributed by atoms with Gasteiger partial charge in [0.05, 0.1) is 0 Å². The van der Waals surface area contributed by atoms with E-state index < -0.39 is 11.9 Å². The van der Waals surface area contributed by atoms with Crippen LogP contribution in [-0.4, -0.2) is 27.1 Å². The fraction of sp³-hybridized carbons (Fsp3) is 0.0769. The zero-order valence-corrected chi connectivity index (χ0v) is 11.1. The van der Waals surface area contributed by atoms with E-state index in [0.717, 1.165) is 0 Å². The lowest BCUT2D eigenvalue weighted by Crippen LogP contribution is -2.33. The Bertz CT molecular complexity index is 716. The average Bonchev–Trinajstić information content (AvgIpc) is 2.38. The van der Waals surface area contributed by atoms with Crippen LogP contribution in [-0.2, 0) is 0 Å². The van der Waals surface area contributed by atoms with Crippen LogP contribution in [0.25, 0.3) is 5.69 Å². The number of rotatable bonds is 3. The summed E-state index contributed by atoms with van der Waals surface area (Å²) in [6, 6.07) is 5.74. The van der Waals surface area contributed by atoms with Crippen LogP contribution in [0.2, 0.25) is 5.15 Å².